The van der Waals surface area contributed by atoms with Crippen molar-refractivity contribution in [2.75, 3.05) is 0 Å². The van der Waals surface area contributed by atoms with Crippen LogP contribution in [-0.4, -0.2) is 11.0 Å². The molecule has 1 fully saturated rings. The molecule has 1 unspecified atom stereocenters. The molecule has 0 amide bonds. The van der Waals surface area contributed by atoms with Gasteiger partial charge in [0.1, 0.15) is 10.8 Å². The van der Waals surface area contributed by atoms with E-state index in [4.69, 9.17) is 4.98 Å². The lowest BCUT2D eigenvalue weighted by atomic mass is 10.1. The van der Waals surface area contributed by atoms with Crippen LogP contribution in [0.15, 0.2) is 29.6 Å². The Hall–Kier alpha value is -1.26. The van der Waals surface area contributed by atoms with Gasteiger partial charge in [0.05, 0.1) is 11.7 Å². The second-order valence-electron chi connectivity index (χ2n) is 5.69. The zero-order valence-electron chi connectivity index (χ0n) is 11.8. The zero-order chi connectivity index (χ0) is 14.1. The maximum absolute atomic E-state index is 13.5. The van der Waals surface area contributed by atoms with Gasteiger partial charge < -0.3 is 5.32 Å². The first kappa shape index (κ1) is 13.7. The molecule has 0 saturated heterocycles. The quantitative estimate of drug-likeness (QED) is 0.890. The highest BCUT2D eigenvalue weighted by Gasteiger charge is 2.28. The molecule has 1 aromatic heterocycles. The summed E-state index contributed by atoms with van der Waals surface area (Å²) in [5.74, 6) is 0.236. The summed E-state index contributed by atoms with van der Waals surface area (Å²) in [6.07, 6.45) is 2.41. The van der Waals surface area contributed by atoms with E-state index in [1.807, 2.05) is 6.07 Å². The van der Waals surface area contributed by atoms with E-state index in [1.165, 1.54) is 18.9 Å². The van der Waals surface area contributed by atoms with Crippen LogP contribution in [0.5, 0.6) is 0 Å². The lowest BCUT2D eigenvalue weighted by molar-refractivity contribution is 0.582. The highest BCUT2D eigenvalue weighted by molar-refractivity contribution is 7.09. The first-order valence-electron chi connectivity index (χ1n) is 7.10. The van der Waals surface area contributed by atoms with Gasteiger partial charge in [0.25, 0.3) is 0 Å². The Morgan fingerprint density at radius 1 is 1.35 bits per heavy atom. The van der Waals surface area contributed by atoms with Gasteiger partial charge in [0.2, 0.25) is 0 Å². The zero-order valence-corrected chi connectivity index (χ0v) is 12.6. The molecule has 0 aliphatic heterocycles. The fourth-order valence-electron chi connectivity index (χ4n) is 2.18. The molecule has 1 aromatic carbocycles. The van der Waals surface area contributed by atoms with Crippen LogP contribution in [0.25, 0.3) is 0 Å². The molecular formula is C16H19FN2S. The average Bonchev–Trinajstić information content (AvgIpc) is 3.10. The molecule has 1 aliphatic carbocycles. The van der Waals surface area contributed by atoms with Crippen molar-refractivity contribution in [1.82, 2.24) is 10.3 Å². The number of nitrogens with one attached hydrogen (secondary N) is 1. The Bertz CT molecular complexity index is 590. The fraction of sp³-hybridized carbons (Fsp3) is 0.438. The number of aromatic nitrogens is 1. The first-order valence-corrected chi connectivity index (χ1v) is 7.98. The van der Waals surface area contributed by atoms with Crippen molar-refractivity contribution in [3.05, 3.63) is 51.7 Å². The smallest absolute Gasteiger partial charge is 0.123 e. The third kappa shape index (κ3) is 3.07. The standard InChI is InChI=1S/C16H19FN2S/c1-10(2)14-9-20-16(19-14)15(18-13-6-7-13)11-4-3-5-12(17)8-11/h3-5,8-10,13,15,18H,6-7H2,1-2H3. The Morgan fingerprint density at radius 2 is 2.15 bits per heavy atom. The predicted octanol–water partition coefficient (Wildman–Crippen LogP) is 4.25. The number of halogens is 1. The molecular weight excluding hydrogens is 271 g/mol. The van der Waals surface area contributed by atoms with E-state index in [-0.39, 0.29) is 11.9 Å². The van der Waals surface area contributed by atoms with Crippen LogP contribution in [0.1, 0.15) is 54.9 Å². The van der Waals surface area contributed by atoms with Gasteiger partial charge in [-0.3, -0.25) is 0 Å². The minimum absolute atomic E-state index is 0.00991. The SMILES string of the molecule is CC(C)c1csc(C(NC2CC2)c2cccc(F)c2)n1. The molecule has 106 valence electrons. The third-order valence-corrected chi connectivity index (χ3v) is 4.47. The number of hydrogen-bond acceptors (Lipinski definition) is 3. The van der Waals surface area contributed by atoms with E-state index in [1.54, 1.807) is 23.5 Å². The first-order chi connectivity index (χ1) is 9.63. The van der Waals surface area contributed by atoms with Crippen LogP contribution in [0.2, 0.25) is 0 Å². The summed E-state index contributed by atoms with van der Waals surface area (Å²) in [5.41, 5.74) is 2.07. The van der Waals surface area contributed by atoms with Crippen LogP contribution in [0.4, 0.5) is 4.39 Å². The number of thiazole rings is 1. The van der Waals surface area contributed by atoms with E-state index in [9.17, 15) is 4.39 Å². The van der Waals surface area contributed by atoms with Gasteiger partial charge in [-0.2, -0.15) is 0 Å². The van der Waals surface area contributed by atoms with Crippen molar-refractivity contribution in [1.29, 1.82) is 0 Å². The van der Waals surface area contributed by atoms with Gasteiger partial charge in [0.15, 0.2) is 0 Å². The predicted molar refractivity (Wildman–Crippen MR) is 80.6 cm³/mol. The summed E-state index contributed by atoms with van der Waals surface area (Å²) in [7, 11) is 0. The van der Waals surface area contributed by atoms with Crippen LogP contribution < -0.4 is 5.32 Å². The molecule has 4 heteroatoms. The second kappa shape index (κ2) is 5.62. The highest BCUT2D eigenvalue weighted by Crippen LogP contribution is 2.31. The molecule has 1 atom stereocenters. The van der Waals surface area contributed by atoms with E-state index in [0.717, 1.165) is 16.3 Å². The van der Waals surface area contributed by atoms with Gasteiger partial charge in [-0.15, -0.1) is 11.3 Å². The van der Waals surface area contributed by atoms with Crippen molar-refractivity contribution in [3.63, 3.8) is 0 Å². The second-order valence-corrected chi connectivity index (χ2v) is 6.58. The molecule has 0 spiro atoms. The minimum atomic E-state index is -0.189. The minimum Gasteiger partial charge on any atom is -0.301 e. The van der Waals surface area contributed by atoms with Crippen LogP contribution in [0.3, 0.4) is 0 Å². The molecule has 2 nitrogen and oxygen atoms in total. The monoisotopic (exact) mass is 290 g/mol. The Balaban J connectivity index is 1.92. The van der Waals surface area contributed by atoms with Gasteiger partial charge in [0, 0.05) is 11.4 Å². The summed E-state index contributed by atoms with van der Waals surface area (Å²) >= 11 is 1.66. The molecule has 1 N–H and O–H groups in total. The Labute approximate surface area is 123 Å². The Kier molecular flexibility index (Phi) is 3.85. The molecule has 0 bridgehead atoms. The van der Waals surface area contributed by atoms with Crippen molar-refractivity contribution < 1.29 is 4.39 Å². The van der Waals surface area contributed by atoms with E-state index >= 15 is 0 Å². The Morgan fingerprint density at radius 3 is 2.75 bits per heavy atom. The maximum atomic E-state index is 13.5. The summed E-state index contributed by atoms with van der Waals surface area (Å²) in [6, 6.07) is 7.39. The van der Waals surface area contributed by atoms with Crippen LogP contribution in [-0.2, 0) is 0 Å². The average molecular weight is 290 g/mol. The summed E-state index contributed by atoms with van der Waals surface area (Å²) in [5, 5.41) is 6.73. The normalized spacial score (nSPS) is 16.6. The number of benzene rings is 1. The van der Waals surface area contributed by atoms with Crippen LogP contribution >= 0.6 is 11.3 Å². The van der Waals surface area contributed by atoms with Gasteiger partial charge in [-0.25, -0.2) is 9.37 Å². The molecule has 1 saturated carbocycles. The van der Waals surface area contributed by atoms with Crippen molar-refractivity contribution in [2.24, 2.45) is 0 Å². The van der Waals surface area contributed by atoms with Gasteiger partial charge in [-0.1, -0.05) is 26.0 Å². The fourth-order valence-corrected chi connectivity index (χ4v) is 3.25. The molecule has 1 aliphatic rings. The third-order valence-electron chi connectivity index (χ3n) is 3.54. The largest absolute Gasteiger partial charge is 0.301 e. The number of hydrogen-bond donors (Lipinski definition) is 1. The topological polar surface area (TPSA) is 24.9 Å². The summed E-state index contributed by atoms with van der Waals surface area (Å²) < 4.78 is 13.5. The van der Waals surface area contributed by atoms with E-state index in [0.29, 0.717) is 12.0 Å². The van der Waals surface area contributed by atoms with Gasteiger partial charge in [-0.05, 0) is 36.5 Å². The molecule has 2 aromatic rings. The molecule has 20 heavy (non-hydrogen) atoms. The lowest BCUT2D eigenvalue weighted by Gasteiger charge is -2.17. The van der Waals surface area contributed by atoms with E-state index < -0.39 is 0 Å². The molecule has 1 heterocycles. The van der Waals surface area contributed by atoms with Crippen molar-refractivity contribution in [2.45, 2.75) is 44.7 Å². The number of nitrogens with zero attached hydrogens (tertiary/aromatic N) is 1. The van der Waals surface area contributed by atoms with Crippen LogP contribution in [0, 0.1) is 5.82 Å². The number of rotatable bonds is 5. The summed E-state index contributed by atoms with van der Waals surface area (Å²) in [6.45, 7) is 4.29. The van der Waals surface area contributed by atoms with E-state index in [2.05, 4.69) is 24.5 Å². The molecule has 0 radical (unpaired) electrons. The maximum Gasteiger partial charge on any atom is 0.123 e. The van der Waals surface area contributed by atoms with Crippen molar-refractivity contribution >= 4 is 11.3 Å². The highest BCUT2D eigenvalue weighted by atomic mass is 32.1. The van der Waals surface area contributed by atoms with Gasteiger partial charge >= 0.3 is 0 Å². The summed E-state index contributed by atoms with van der Waals surface area (Å²) in [4.78, 5) is 4.73. The lowest BCUT2D eigenvalue weighted by Crippen LogP contribution is -2.24. The molecule has 3 rings (SSSR count). The van der Waals surface area contributed by atoms with Crippen molar-refractivity contribution in [3.8, 4) is 0 Å².